The minimum atomic E-state index is -0.521. The fraction of sp³-hybridized carbons (Fsp3) is 0.259. The molecule has 32 heavy (non-hydrogen) atoms. The molecule has 4 nitrogen and oxygen atoms in total. The van der Waals surface area contributed by atoms with Gasteiger partial charge in [0.25, 0.3) is 5.91 Å². The molecule has 1 saturated heterocycles. The molecular formula is C27H26FN3O. The van der Waals surface area contributed by atoms with Gasteiger partial charge in [-0.2, -0.15) is 0 Å². The first-order chi connectivity index (χ1) is 15.4. The van der Waals surface area contributed by atoms with Gasteiger partial charge in [-0.3, -0.25) is 4.79 Å². The van der Waals surface area contributed by atoms with Crippen molar-refractivity contribution in [1.82, 2.24) is 14.9 Å². The molecule has 1 aliphatic heterocycles. The standard InChI is InChI=1S/C27H26FN3O/c1-17-9-14-23-24(18(17)2)30-26(29-23)27(3)15-6-16-31(27)25(32)22-8-5-4-7-21(22)19-10-12-20(28)13-11-19/h4-5,7-14H,6,15-16H2,1-3H3,(H,29,30). The van der Waals surface area contributed by atoms with E-state index in [1.54, 1.807) is 12.1 Å². The van der Waals surface area contributed by atoms with Gasteiger partial charge in [0.1, 0.15) is 11.6 Å². The maximum absolute atomic E-state index is 13.8. The predicted molar refractivity (Wildman–Crippen MR) is 125 cm³/mol. The Balaban J connectivity index is 1.56. The number of hydrogen-bond acceptors (Lipinski definition) is 2. The van der Waals surface area contributed by atoms with E-state index in [-0.39, 0.29) is 11.7 Å². The Hall–Kier alpha value is -3.47. The number of aromatic amines is 1. The van der Waals surface area contributed by atoms with Crippen molar-refractivity contribution >= 4 is 16.9 Å². The lowest BCUT2D eigenvalue weighted by Gasteiger charge is -2.34. The SMILES string of the molecule is Cc1ccc2[nH]c(C3(C)CCCN3C(=O)c3ccccc3-c3ccc(F)cc3)nc2c1C. The fourth-order valence-corrected chi connectivity index (χ4v) is 4.80. The van der Waals surface area contributed by atoms with E-state index in [0.717, 1.165) is 46.4 Å². The molecule has 1 fully saturated rings. The van der Waals surface area contributed by atoms with Crippen molar-refractivity contribution in [2.24, 2.45) is 0 Å². The van der Waals surface area contributed by atoms with Crippen LogP contribution in [0.15, 0.2) is 60.7 Å². The van der Waals surface area contributed by atoms with E-state index in [0.29, 0.717) is 12.1 Å². The molecule has 0 bridgehead atoms. The fourth-order valence-electron chi connectivity index (χ4n) is 4.80. The van der Waals surface area contributed by atoms with Gasteiger partial charge in [0.05, 0.1) is 16.6 Å². The van der Waals surface area contributed by atoms with Gasteiger partial charge in [-0.1, -0.05) is 36.4 Å². The van der Waals surface area contributed by atoms with Crippen molar-refractivity contribution in [3.8, 4) is 11.1 Å². The minimum Gasteiger partial charge on any atom is -0.340 e. The number of amides is 1. The summed E-state index contributed by atoms with van der Waals surface area (Å²) in [6.45, 7) is 6.93. The first kappa shape index (κ1) is 20.4. The third-order valence-electron chi connectivity index (χ3n) is 6.89. The molecule has 0 radical (unpaired) electrons. The van der Waals surface area contributed by atoms with Gasteiger partial charge in [0, 0.05) is 12.1 Å². The highest BCUT2D eigenvalue weighted by Gasteiger charge is 2.44. The number of aryl methyl sites for hydroxylation is 2. The molecule has 3 aromatic carbocycles. The van der Waals surface area contributed by atoms with Crippen LogP contribution in [0.3, 0.4) is 0 Å². The number of imidazole rings is 1. The van der Waals surface area contributed by atoms with E-state index in [1.165, 1.54) is 17.7 Å². The van der Waals surface area contributed by atoms with Crippen molar-refractivity contribution < 1.29 is 9.18 Å². The maximum Gasteiger partial charge on any atom is 0.255 e. The van der Waals surface area contributed by atoms with Crippen LogP contribution in [0.1, 0.15) is 47.1 Å². The molecule has 162 valence electrons. The van der Waals surface area contributed by atoms with Crippen LogP contribution in [0.25, 0.3) is 22.2 Å². The number of aromatic nitrogens is 2. The van der Waals surface area contributed by atoms with E-state index in [4.69, 9.17) is 4.98 Å². The summed E-state index contributed by atoms with van der Waals surface area (Å²) in [5.41, 5.74) is 6.05. The average Bonchev–Trinajstić information content (AvgIpc) is 3.42. The molecule has 1 atom stereocenters. The van der Waals surface area contributed by atoms with Crippen LogP contribution in [-0.4, -0.2) is 27.3 Å². The second kappa shape index (κ2) is 7.59. The minimum absolute atomic E-state index is 0.0294. The highest BCUT2D eigenvalue weighted by molar-refractivity contribution is 6.01. The molecule has 1 aliphatic rings. The van der Waals surface area contributed by atoms with Crippen LogP contribution in [0.4, 0.5) is 4.39 Å². The van der Waals surface area contributed by atoms with Crippen molar-refractivity contribution in [1.29, 1.82) is 0 Å². The quantitative estimate of drug-likeness (QED) is 0.427. The second-order valence-electron chi connectivity index (χ2n) is 8.88. The highest BCUT2D eigenvalue weighted by Crippen LogP contribution is 2.40. The third kappa shape index (κ3) is 3.20. The number of carbonyl (C=O) groups is 1. The van der Waals surface area contributed by atoms with E-state index < -0.39 is 5.54 Å². The van der Waals surface area contributed by atoms with Crippen molar-refractivity contribution in [2.45, 2.75) is 39.2 Å². The number of nitrogens with zero attached hydrogens (tertiary/aromatic N) is 2. The zero-order valence-electron chi connectivity index (χ0n) is 18.6. The van der Waals surface area contributed by atoms with Crippen LogP contribution < -0.4 is 0 Å². The number of carbonyl (C=O) groups excluding carboxylic acids is 1. The summed E-state index contributed by atoms with van der Waals surface area (Å²) < 4.78 is 13.5. The van der Waals surface area contributed by atoms with Gasteiger partial charge in [0.2, 0.25) is 0 Å². The Kier molecular flexibility index (Phi) is 4.85. The lowest BCUT2D eigenvalue weighted by atomic mass is 9.95. The summed E-state index contributed by atoms with van der Waals surface area (Å²) in [5.74, 6) is 0.504. The Morgan fingerprint density at radius 3 is 2.59 bits per heavy atom. The summed E-state index contributed by atoms with van der Waals surface area (Å²) in [5, 5.41) is 0. The monoisotopic (exact) mass is 427 g/mol. The highest BCUT2D eigenvalue weighted by atomic mass is 19.1. The Bertz CT molecular complexity index is 1320. The average molecular weight is 428 g/mol. The Labute approximate surface area is 187 Å². The normalized spacial score (nSPS) is 18.4. The number of hydrogen-bond donors (Lipinski definition) is 1. The van der Waals surface area contributed by atoms with Gasteiger partial charge < -0.3 is 9.88 Å². The van der Waals surface area contributed by atoms with Crippen LogP contribution in [0, 0.1) is 19.7 Å². The van der Waals surface area contributed by atoms with E-state index in [9.17, 15) is 9.18 Å². The zero-order chi connectivity index (χ0) is 22.5. The summed E-state index contributed by atoms with van der Waals surface area (Å²) in [7, 11) is 0. The first-order valence-electron chi connectivity index (χ1n) is 11.0. The van der Waals surface area contributed by atoms with Gasteiger partial charge >= 0.3 is 0 Å². The number of fused-ring (bicyclic) bond motifs is 1. The van der Waals surface area contributed by atoms with Gasteiger partial charge in [-0.25, -0.2) is 9.37 Å². The molecule has 0 saturated carbocycles. The number of halogens is 1. The molecule has 4 aromatic rings. The molecule has 1 aromatic heterocycles. The number of nitrogens with one attached hydrogen (secondary N) is 1. The molecule has 1 amide bonds. The van der Waals surface area contributed by atoms with Crippen LogP contribution in [0.2, 0.25) is 0 Å². The zero-order valence-corrected chi connectivity index (χ0v) is 18.6. The van der Waals surface area contributed by atoms with E-state index in [2.05, 4.69) is 37.9 Å². The summed E-state index contributed by atoms with van der Waals surface area (Å²) >= 11 is 0. The Morgan fingerprint density at radius 1 is 1.06 bits per heavy atom. The lowest BCUT2D eigenvalue weighted by molar-refractivity contribution is 0.0607. The van der Waals surface area contributed by atoms with Crippen LogP contribution in [0.5, 0.6) is 0 Å². The number of benzene rings is 3. The number of rotatable bonds is 3. The third-order valence-corrected chi connectivity index (χ3v) is 6.89. The number of likely N-dealkylation sites (tertiary alicyclic amines) is 1. The maximum atomic E-state index is 13.8. The molecular weight excluding hydrogens is 401 g/mol. The molecule has 0 aliphatic carbocycles. The van der Waals surface area contributed by atoms with Gasteiger partial charge in [-0.15, -0.1) is 0 Å². The topological polar surface area (TPSA) is 49.0 Å². The summed E-state index contributed by atoms with van der Waals surface area (Å²) in [6, 6.07) is 18.0. The molecule has 5 heteroatoms. The molecule has 1 N–H and O–H groups in total. The van der Waals surface area contributed by atoms with Crippen LogP contribution in [-0.2, 0) is 5.54 Å². The van der Waals surface area contributed by atoms with E-state index >= 15 is 0 Å². The van der Waals surface area contributed by atoms with Crippen molar-refractivity contribution in [2.75, 3.05) is 6.54 Å². The lowest BCUT2D eigenvalue weighted by Crippen LogP contribution is -2.43. The van der Waals surface area contributed by atoms with Gasteiger partial charge in [0.15, 0.2) is 0 Å². The van der Waals surface area contributed by atoms with Crippen molar-refractivity contribution in [3.63, 3.8) is 0 Å². The molecule has 2 heterocycles. The summed E-state index contributed by atoms with van der Waals surface area (Å²) in [6.07, 6.45) is 1.76. The summed E-state index contributed by atoms with van der Waals surface area (Å²) in [4.78, 5) is 24.2. The number of H-pyrrole nitrogens is 1. The smallest absolute Gasteiger partial charge is 0.255 e. The van der Waals surface area contributed by atoms with E-state index in [1.807, 2.05) is 29.2 Å². The molecule has 0 spiro atoms. The predicted octanol–water partition coefficient (Wildman–Crippen LogP) is 6.14. The second-order valence-corrected chi connectivity index (χ2v) is 8.88. The molecule has 5 rings (SSSR count). The first-order valence-corrected chi connectivity index (χ1v) is 11.0. The Morgan fingerprint density at radius 2 is 1.81 bits per heavy atom. The largest absolute Gasteiger partial charge is 0.340 e. The van der Waals surface area contributed by atoms with Crippen LogP contribution >= 0.6 is 0 Å². The van der Waals surface area contributed by atoms with Gasteiger partial charge in [-0.05, 0) is 80.1 Å². The molecule has 1 unspecified atom stereocenters. The van der Waals surface area contributed by atoms with Crippen molar-refractivity contribution in [3.05, 3.63) is 89.0 Å².